The van der Waals surface area contributed by atoms with Gasteiger partial charge in [0.05, 0.1) is 28.5 Å². The van der Waals surface area contributed by atoms with Crippen LogP contribution in [0.3, 0.4) is 0 Å². The summed E-state index contributed by atoms with van der Waals surface area (Å²) in [7, 11) is 0. The number of thiocarbonyl (C=S) groups is 1. The molecule has 3 heterocycles. The van der Waals surface area contributed by atoms with Crippen molar-refractivity contribution in [2.24, 2.45) is 5.92 Å². The van der Waals surface area contributed by atoms with Crippen molar-refractivity contribution in [3.63, 3.8) is 0 Å². The molecule has 1 fully saturated rings. The number of aryl methyl sites for hydroxylation is 2. The predicted molar refractivity (Wildman–Crippen MR) is 146 cm³/mol. The fourth-order valence-corrected chi connectivity index (χ4v) is 5.51. The lowest BCUT2D eigenvalue weighted by Crippen LogP contribution is -2.30. The number of aromatic nitrogens is 2. The molecule has 2 unspecified atom stereocenters. The van der Waals surface area contributed by atoms with E-state index in [0.29, 0.717) is 15.8 Å². The van der Waals surface area contributed by atoms with Crippen molar-refractivity contribution in [2.45, 2.75) is 39.8 Å². The minimum absolute atomic E-state index is 0.0796. The van der Waals surface area contributed by atoms with Crippen LogP contribution in [0.15, 0.2) is 42.6 Å². The molecule has 0 spiro atoms. The average Bonchev–Trinajstić information content (AvgIpc) is 3.24. The molecule has 33 heavy (non-hydrogen) atoms. The van der Waals surface area contributed by atoms with Gasteiger partial charge in [-0.15, -0.1) is 0 Å². The molecule has 0 bridgehead atoms. The second kappa shape index (κ2) is 9.60. The van der Waals surface area contributed by atoms with Crippen molar-refractivity contribution in [1.29, 1.82) is 0 Å². The Bertz CT molecular complexity index is 1210. The third-order valence-corrected chi connectivity index (χ3v) is 7.77. The van der Waals surface area contributed by atoms with Crippen LogP contribution in [0.4, 0.5) is 11.4 Å². The van der Waals surface area contributed by atoms with Crippen LogP contribution < -0.4 is 15.5 Å². The number of anilines is 2. The van der Waals surface area contributed by atoms with Gasteiger partial charge in [-0.1, -0.05) is 31.5 Å². The van der Waals surface area contributed by atoms with Gasteiger partial charge in [0.25, 0.3) is 0 Å². The molecule has 1 amide bonds. The van der Waals surface area contributed by atoms with Crippen LogP contribution in [-0.2, 0) is 4.79 Å². The zero-order chi connectivity index (χ0) is 23.9. The summed E-state index contributed by atoms with van der Waals surface area (Å²) < 4.78 is 1.17. The molecule has 0 aliphatic carbocycles. The highest BCUT2D eigenvalue weighted by Crippen LogP contribution is 2.45. The van der Waals surface area contributed by atoms with E-state index < -0.39 is 0 Å². The Hall–Kier alpha value is -2.17. The molecule has 3 N–H and O–H groups in total. The monoisotopic (exact) mass is 593 g/mol. The van der Waals surface area contributed by atoms with Crippen molar-refractivity contribution in [1.82, 2.24) is 15.3 Å². The number of benzene rings is 1. The van der Waals surface area contributed by atoms with Gasteiger partial charge < -0.3 is 20.5 Å². The molecule has 0 saturated carbocycles. The summed E-state index contributed by atoms with van der Waals surface area (Å²) in [4.78, 5) is 22.3. The Morgan fingerprint density at radius 2 is 2.00 bits per heavy atom. The van der Waals surface area contributed by atoms with Crippen LogP contribution >= 0.6 is 46.4 Å². The number of carbonyl (C=O) groups is 1. The van der Waals surface area contributed by atoms with Gasteiger partial charge in [-0.3, -0.25) is 9.78 Å². The average molecular weight is 594 g/mol. The zero-order valence-electron chi connectivity index (χ0n) is 18.7. The molecule has 1 aromatic carbocycles. The Balaban J connectivity index is 1.80. The van der Waals surface area contributed by atoms with Crippen LogP contribution in [0.2, 0.25) is 5.02 Å². The van der Waals surface area contributed by atoms with E-state index in [2.05, 4.69) is 61.9 Å². The Kier molecular flexibility index (Phi) is 6.97. The van der Waals surface area contributed by atoms with Crippen LogP contribution in [0.1, 0.15) is 48.6 Å². The molecule has 9 heteroatoms. The van der Waals surface area contributed by atoms with E-state index in [1.54, 1.807) is 6.20 Å². The fourth-order valence-electron chi connectivity index (χ4n) is 4.08. The lowest BCUT2D eigenvalue weighted by atomic mass is 9.96. The molecular weight excluding hydrogens is 569 g/mol. The number of halogens is 2. The quantitative estimate of drug-likeness (QED) is 0.248. The lowest BCUT2D eigenvalue weighted by Gasteiger charge is -2.29. The number of carbonyl (C=O) groups excluding carboxylic acids is 1. The molecule has 4 rings (SSSR count). The highest BCUT2D eigenvalue weighted by atomic mass is 127. The van der Waals surface area contributed by atoms with Crippen LogP contribution in [0.25, 0.3) is 0 Å². The maximum atomic E-state index is 12.1. The van der Waals surface area contributed by atoms with E-state index in [4.69, 9.17) is 23.8 Å². The van der Waals surface area contributed by atoms with Crippen LogP contribution in [0, 0.1) is 23.3 Å². The summed E-state index contributed by atoms with van der Waals surface area (Å²) in [5.74, 6) is -0.217. The molecule has 2 aromatic heterocycles. The molecule has 1 saturated heterocycles. The third kappa shape index (κ3) is 4.61. The van der Waals surface area contributed by atoms with Gasteiger partial charge in [0.2, 0.25) is 5.91 Å². The molecule has 172 valence electrons. The first-order valence-electron chi connectivity index (χ1n) is 10.6. The highest BCUT2D eigenvalue weighted by molar-refractivity contribution is 14.1. The summed E-state index contributed by atoms with van der Waals surface area (Å²) in [6, 6.07) is 11.2. The molecule has 1 aliphatic heterocycles. The van der Waals surface area contributed by atoms with Gasteiger partial charge >= 0.3 is 0 Å². The van der Waals surface area contributed by atoms with Crippen LogP contribution in [-0.4, -0.2) is 21.0 Å². The topological polar surface area (TPSA) is 73.1 Å². The van der Waals surface area contributed by atoms with Crippen molar-refractivity contribution < 1.29 is 4.79 Å². The number of nitrogens with zero attached hydrogens (tertiary/aromatic N) is 2. The molecule has 6 nitrogen and oxygen atoms in total. The first-order chi connectivity index (χ1) is 15.7. The Morgan fingerprint density at radius 3 is 2.58 bits per heavy atom. The van der Waals surface area contributed by atoms with Gasteiger partial charge in [0.15, 0.2) is 5.11 Å². The van der Waals surface area contributed by atoms with E-state index in [1.807, 2.05) is 50.2 Å². The van der Waals surface area contributed by atoms with Gasteiger partial charge in [0, 0.05) is 38.3 Å². The summed E-state index contributed by atoms with van der Waals surface area (Å²) in [5, 5.41) is 7.42. The van der Waals surface area contributed by atoms with Gasteiger partial charge in [0.1, 0.15) is 0 Å². The third-order valence-electron chi connectivity index (χ3n) is 5.75. The van der Waals surface area contributed by atoms with Gasteiger partial charge in [-0.05, 0) is 79.0 Å². The predicted octanol–water partition coefficient (Wildman–Crippen LogP) is 6.06. The van der Waals surface area contributed by atoms with Crippen molar-refractivity contribution in [2.75, 3.05) is 10.2 Å². The maximum absolute atomic E-state index is 12.1. The van der Waals surface area contributed by atoms with Crippen molar-refractivity contribution >= 4 is 68.8 Å². The van der Waals surface area contributed by atoms with E-state index in [0.717, 1.165) is 22.8 Å². The minimum atomic E-state index is -0.139. The number of pyridine rings is 1. The van der Waals surface area contributed by atoms with E-state index in [9.17, 15) is 4.79 Å². The summed E-state index contributed by atoms with van der Waals surface area (Å²) in [6.45, 7) is 7.84. The first kappa shape index (κ1) is 24.0. The minimum Gasteiger partial charge on any atom is -0.362 e. The molecular formula is C24H25ClIN5OS. The van der Waals surface area contributed by atoms with Crippen LogP contribution in [0.5, 0.6) is 0 Å². The number of nitrogens with one attached hydrogen (secondary N) is 3. The number of aromatic amines is 1. The highest BCUT2D eigenvalue weighted by Gasteiger charge is 2.43. The van der Waals surface area contributed by atoms with Gasteiger partial charge in [-0.2, -0.15) is 0 Å². The normalized spacial score (nSPS) is 18.0. The standard InChI is InChI=1S/C24H25ClIN5OS/c1-12(2)23(32)29-17-9-8-15(11-16(17)25)31-22(19-13(3)28-14(4)20(19)26)21(30-24(31)33)18-7-5-6-10-27-18/h5-12,21-22,28H,1-4H3,(H,29,32)(H,30,33). The molecule has 0 radical (unpaired) electrons. The molecule has 1 aliphatic rings. The fraction of sp³-hybridized carbons (Fsp3) is 0.292. The SMILES string of the molecule is Cc1[nH]c(C)c(C2C(c3ccccn3)NC(=S)N2c2ccc(NC(=O)C(C)C)c(Cl)c2)c1I. The number of rotatable bonds is 5. The van der Waals surface area contributed by atoms with Crippen molar-refractivity contribution in [3.8, 4) is 0 Å². The number of H-pyrrole nitrogens is 1. The molecule has 3 aromatic rings. The smallest absolute Gasteiger partial charge is 0.226 e. The summed E-state index contributed by atoms with van der Waals surface area (Å²) in [5.41, 5.74) is 5.71. The van der Waals surface area contributed by atoms with Crippen molar-refractivity contribution in [3.05, 3.63) is 73.8 Å². The largest absolute Gasteiger partial charge is 0.362 e. The summed E-state index contributed by atoms with van der Waals surface area (Å²) >= 11 is 14.8. The Labute approximate surface area is 217 Å². The second-order valence-electron chi connectivity index (χ2n) is 8.41. The lowest BCUT2D eigenvalue weighted by molar-refractivity contribution is -0.118. The number of hydrogen-bond acceptors (Lipinski definition) is 3. The number of hydrogen-bond donors (Lipinski definition) is 3. The maximum Gasteiger partial charge on any atom is 0.226 e. The molecule has 2 atom stereocenters. The number of amides is 1. The zero-order valence-corrected chi connectivity index (χ0v) is 22.5. The first-order valence-corrected chi connectivity index (χ1v) is 12.5. The van der Waals surface area contributed by atoms with E-state index in [1.165, 1.54) is 9.13 Å². The van der Waals surface area contributed by atoms with E-state index in [-0.39, 0.29) is 23.9 Å². The summed E-state index contributed by atoms with van der Waals surface area (Å²) in [6.07, 6.45) is 1.79. The van der Waals surface area contributed by atoms with Gasteiger partial charge in [-0.25, -0.2) is 0 Å². The van der Waals surface area contributed by atoms with E-state index >= 15 is 0 Å². The second-order valence-corrected chi connectivity index (χ2v) is 10.3. The Morgan fingerprint density at radius 1 is 1.24 bits per heavy atom.